The molecular formula is C6H9Cl. The van der Waals surface area contributed by atoms with Gasteiger partial charge in [0.1, 0.15) is 0 Å². The van der Waals surface area contributed by atoms with Crippen molar-refractivity contribution < 1.29 is 0 Å². The summed E-state index contributed by atoms with van der Waals surface area (Å²) in [7, 11) is 0. The van der Waals surface area contributed by atoms with E-state index in [-0.39, 0.29) is 0 Å². The van der Waals surface area contributed by atoms with E-state index in [1.165, 1.54) is 11.1 Å². The Morgan fingerprint density at radius 3 is 2.29 bits per heavy atom. The average molecular weight is 117 g/mol. The zero-order chi connectivity index (χ0) is 5.70. The molecule has 0 atom stereocenters. The van der Waals surface area contributed by atoms with E-state index in [2.05, 4.69) is 0 Å². The van der Waals surface area contributed by atoms with Crippen molar-refractivity contribution in [3.63, 3.8) is 0 Å². The van der Waals surface area contributed by atoms with Crippen LogP contribution in [0.4, 0.5) is 0 Å². The molecule has 0 radical (unpaired) electrons. The third kappa shape index (κ3) is 3.60. The lowest BCUT2D eigenvalue weighted by Crippen LogP contribution is -1.59. The molecule has 0 rings (SSSR count). The maximum absolute atomic E-state index is 5.25. The lowest BCUT2D eigenvalue weighted by molar-refractivity contribution is 1.48. The molecule has 7 heavy (non-hydrogen) atoms. The summed E-state index contributed by atoms with van der Waals surface area (Å²) >= 11 is 5.25. The molecule has 0 spiro atoms. The monoisotopic (exact) mass is 116 g/mol. The van der Waals surface area contributed by atoms with Crippen molar-refractivity contribution in [2.75, 3.05) is 0 Å². The van der Waals surface area contributed by atoms with Crippen LogP contribution in [0.25, 0.3) is 0 Å². The first kappa shape index (κ1) is 6.77. The first-order chi connectivity index (χ1) is 3.31. The second-order valence-corrected chi connectivity index (χ2v) is 1.58. The molecule has 0 N–H and O–H groups in total. The minimum absolute atomic E-state index is 1.19. The van der Waals surface area contributed by atoms with Crippen molar-refractivity contribution in [1.29, 1.82) is 0 Å². The predicted molar refractivity (Wildman–Crippen MR) is 34.4 cm³/mol. The fourth-order valence-electron chi connectivity index (χ4n) is 0.196. The van der Waals surface area contributed by atoms with E-state index in [1.54, 1.807) is 0 Å². The van der Waals surface area contributed by atoms with Crippen molar-refractivity contribution in [3.8, 4) is 0 Å². The van der Waals surface area contributed by atoms with Crippen LogP contribution >= 0.6 is 11.6 Å². The first-order valence-corrected chi connectivity index (χ1v) is 2.64. The highest BCUT2D eigenvalue weighted by molar-refractivity contribution is 6.25. The van der Waals surface area contributed by atoms with Crippen LogP contribution < -0.4 is 0 Å². The largest absolute Gasteiger partial charge is 0.0929 e. The summed E-state index contributed by atoms with van der Waals surface area (Å²) in [4.78, 5) is 0. The molecule has 0 saturated heterocycles. The third-order valence-corrected chi connectivity index (χ3v) is 0.907. The van der Waals surface area contributed by atoms with Crippen LogP contribution in [0.3, 0.4) is 0 Å². The fourth-order valence-corrected chi connectivity index (χ4v) is 0.394. The van der Waals surface area contributed by atoms with Crippen LogP contribution in [0, 0.1) is 0 Å². The summed E-state index contributed by atoms with van der Waals surface area (Å²) in [5, 5.41) is 0. The highest BCUT2D eigenvalue weighted by atomic mass is 35.5. The zero-order valence-electron chi connectivity index (χ0n) is 4.61. The quantitative estimate of drug-likeness (QED) is 0.462. The van der Waals surface area contributed by atoms with E-state index < -0.39 is 0 Å². The number of hydrogen-bond acceptors (Lipinski definition) is 0. The minimum Gasteiger partial charge on any atom is -0.0929 e. The van der Waals surface area contributed by atoms with Gasteiger partial charge in [-0.25, -0.2) is 0 Å². The molecule has 0 aliphatic rings. The van der Waals surface area contributed by atoms with Gasteiger partial charge in [0.05, 0.1) is 0 Å². The molecular weight excluding hydrogens is 108 g/mol. The SMILES string of the molecule is C/C=C(C)\C=C/Cl. The minimum atomic E-state index is 1.19. The van der Waals surface area contributed by atoms with Gasteiger partial charge in [0.2, 0.25) is 0 Å². The Balaban J connectivity index is 3.58. The van der Waals surface area contributed by atoms with Crippen LogP contribution in [0.15, 0.2) is 23.3 Å². The summed E-state index contributed by atoms with van der Waals surface area (Å²) in [5.74, 6) is 0. The smallest absolute Gasteiger partial charge is 0.00449 e. The lowest BCUT2D eigenvalue weighted by atomic mass is 10.3. The van der Waals surface area contributed by atoms with Gasteiger partial charge in [-0.2, -0.15) is 0 Å². The van der Waals surface area contributed by atoms with Gasteiger partial charge < -0.3 is 0 Å². The van der Waals surface area contributed by atoms with Crippen LogP contribution in [-0.4, -0.2) is 0 Å². The molecule has 40 valence electrons. The molecule has 0 aliphatic carbocycles. The summed E-state index contributed by atoms with van der Waals surface area (Å²) in [6.07, 6.45) is 3.85. The number of rotatable bonds is 1. The molecule has 0 aromatic carbocycles. The fraction of sp³-hybridized carbons (Fsp3) is 0.333. The molecule has 0 aliphatic heterocycles. The molecule has 0 saturated carbocycles. The first-order valence-electron chi connectivity index (χ1n) is 2.21. The molecule has 0 nitrogen and oxygen atoms in total. The van der Waals surface area contributed by atoms with Crippen LogP contribution in [0.1, 0.15) is 13.8 Å². The van der Waals surface area contributed by atoms with Crippen molar-refractivity contribution >= 4 is 11.6 Å². The van der Waals surface area contributed by atoms with Gasteiger partial charge in [0, 0.05) is 5.54 Å². The zero-order valence-corrected chi connectivity index (χ0v) is 5.37. The predicted octanol–water partition coefficient (Wildman–Crippen LogP) is 2.71. The molecule has 0 unspecified atom stereocenters. The Morgan fingerprint density at radius 2 is 2.14 bits per heavy atom. The topological polar surface area (TPSA) is 0 Å². The molecule has 0 bridgehead atoms. The van der Waals surface area contributed by atoms with Gasteiger partial charge in [-0.05, 0) is 19.9 Å². The van der Waals surface area contributed by atoms with Gasteiger partial charge in [-0.3, -0.25) is 0 Å². The van der Waals surface area contributed by atoms with Gasteiger partial charge in [0.25, 0.3) is 0 Å². The van der Waals surface area contributed by atoms with Crippen LogP contribution in [-0.2, 0) is 0 Å². The molecule has 1 heteroatoms. The molecule has 0 fully saturated rings. The molecule has 0 aromatic heterocycles. The Labute approximate surface area is 49.5 Å². The number of hydrogen-bond donors (Lipinski definition) is 0. The average Bonchev–Trinajstić information content (AvgIpc) is 1.68. The van der Waals surface area contributed by atoms with E-state index in [9.17, 15) is 0 Å². The lowest BCUT2D eigenvalue weighted by Gasteiger charge is -1.80. The molecule has 0 amide bonds. The third-order valence-electron chi connectivity index (χ3n) is 0.781. The molecule has 0 aromatic rings. The van der Waals surface area contributed by atoms with Crippen molar-refractivity contribution in [2.24, 2.45) is 0 Å². The highest BCUT2D eigenvalue weighted by Gasteiger charge is 1.70. The summed E-state index contributed by atoms with van der Waals surface area (Å²) in [5.41, 5.74) is 2.70. The van der Waals surface area contributed by atoms with Gasteiger partial charge in [0.15, 0.2) is 0 Å². The second kappa shape index (κ2) is 3.94. The van der Waals surface area contributed by atoms with Gasteiger partial charge in [-0.15, -0.1) is 0 Å². The maximum Gasteiger partial charge on any atom is 0.00449 e. The number of allylic oxidation sites excluding steroid dienone is 3. The van der Waals surface area contributed by atoms with Crippen LogP contribution in [0.2, 0.25) is 0 Å². The van der Waals surface area contributed by atoms with Crippen molar-refractivity contribution in [3.05, 3.63) is 23.3 Å². The van der Waals surface area contributed by atoms with Gasteiger partial charge in [-0.1, -0.05) is 23.3 Å². The van der Waals surface area contributed by atoms with Crippen molar-refractivity contribution in [2.45, 2.75) is 13.8 Å². The Hall–Kier alpha value is -0.230. The Morgan fingerprint density at radius 1 is 1.57 bits per heavy atom. The summed E-state index contributed by atoms with van der Waals surface area (Å²) in [6.45, 7) is 3.98. The summed E-state index contributed by atoms with van der Waals surface area (Å²) < 4.78 is 0. The summed E-state index contributed by atoms with van der Waals surface area (Å²) in [6, 6.07) is 0. The van der Waals surface area contributed by atoms with E-state index in [4.69, 9.17) is 11.6 Å². The van der Waals surface area contributed by atoms with E-state index in [1.807, 2.05) is 26.0 Å². The van der Waals surface area contributed by atoms with E-state index in [0.717, 1.165) is 0 Å². The van der Waals surface area contributed by atoms with Gasteiger partial charge >= 0.3 is 0 Å². The maximum atomic E-state index is 5.25. The van der Waals surface area contributed by atoms with Crippen LogP contribution in [0.5, 0.6) is 0 Å². The van der Waals surface area contributed by atoms with Crippen molar-refractivity contribution in [1.82, 2.24) is 0 Å². The van der Waals surface area contributed by atoms with E-state index in [0.29, 0.717) is 0 Å². The Kier molecular flexibility index (Phi) is 3.81. The molecule has 0 heterocycles. The second-order valence-electron chi connectivity index (χ2n) is 1.33. The van der Waals surface area contributed by atoms with E-state index >= 15 is 0 Å². The Bertz CT molecular complexity index is 90.4. The normalized spacial score (nSPS) is 13.3. The highest BCUT2D eigenvalue weighted by Crippen LogP contribution is 1.93. The standard InChI is InChI=1S/C6H9Cl/c1-3-6(2)4-5-7/h3-5H,1-2H3/b5-4-,6-3-. The number of halogens is 1.